The molecule has 0 bridgehead atoms. The van der Waals surface area contributed by atoms with Gasteiger partial charge in [-0.15, -0.1) is 0 Å². The minimum atomic E-state index is -0.202. The second-order valence-corrected chi connectivity index (χ2v) is 4.24. The number of carbonyl (C=O) groups excluding carboxylic acids is 1. The molecule has 2 unspecified atom stereocenters. The van der Waals surface area contributed by atoms with Crippen LogP contribution in [-0.2, 0) is 4.74 Å². The summed E-state index contributed by atoms with van der Waals surface area (Å²) in [5.41, 5.74) is 0.279. The SMILES string of the molecule is CC1OCCC1N(C)C(=O)c1ccncc1O. The van der Waals surface area contributed by atoms with E-state index in [0.29, 0.717) is 6.61 Å². The van der Waals surface area contributed by atoms with Gasteiger partial charge >= 0.3 is 0 Å². The number of aromatic hydroxyl groups is 1. The van der Waals surface area contributed by atoms with E-state index in [1.54, 1.807) is 11.9 Å². The van der Waals surface area contributed by atoms with Crippen LogP contribution in [0.1, 0.15) is 23.7 Å². The number of aromatic nitrogens is 1. The summed E-state index contributed by atoms with van der Waals surface area (Å²) in [5.74, 6) is -0.289. The van der Waals surface area contributed by atoms with Gasteiger partial charge in [0, 0.05) is 19.9 Å². The van der Waals surface area contributed by atoms with Crippen LogP contribution in [0.5, 0.6) is 5.75 Å². The molecule has 1 aromatic rings. The van der Waals surface area contributed by atoms with E-state index < -0.39 is 0 Å². The Bertz CT molecular complexity index is 422. The van der Waals surface area contributed by atoms with Gasteiger partial charge in [-0.25, -0.2) is 0 Å². The summed E-state index contributed by atoms with van der Waals surface area (Å²) in [7, 11) is 1.73. The molecular weight excluding hydrogens is 220 g/mol. The average molecular weight is 236 g/mol. The van der Waals surface area contributed by atoms with Crippen LogP contribution in [0.3, 0.4) is 0 Å². The van der Waals surface area contributed by atoms with E-state index in [0.717, 1.165) is 6.42 Å². The molecule has 5 heteroatoms. The Labute approximate surface area is 100 Å². The van der Waals surface area contributed by atoms with Crippen LogP contribution < -0.4 is 0 Å². The van der Waals surface area contributed by atoms with Crippen molar-refractivity contribution in [2.24, 2.45) is 0 Å². The van der Waals surface area contributed by atoms with Gasteiger partial charge in [-0.2, -0.15) is 0 Å². The van der Waals surface area contributed by atoms with Crippen molar-refractivity contribution in [3.8, 4) is 5.75 Å². The molecule has 1 N–H and O–H groups in total. The maximum atomic E-state index is 12.2. The summed E-state index contributed by atoms with van der Waals surface area (Å²) in [6, 6.07) is 1.59. The molecule has 5 nitrogen and oxygen atoms in total. The molecule has 2 heterocycles. The standard InChI is InChI=1S/C12H16N2O3/c1-8-10(4-6-17-8)14(2)12(16)9-3-5-13-7-11(9)15/h3,5,7-8,10,15H,4,6H2,1-2H3. The number of rotatable bonds is 2. The topological polar surface area (TPSA) is 62.7 Å². The van der Waals surface area contributed by atoms with Crippen molar-refractivity contribution in [3.05, 3.63) is 24.0 Å². The van der Waals surface area contributed by atoms with Crippen LogP contribution in [0.25, 0.3) is 0 Å². The van der Waals surface area contributed by atoms with Gasteiger partial charge in [0.05, 0.1) is 23.9 Å². The van der Waals surface area contributed by atoms with Gasteiger partial charge in [-0.05, 0) is 19.4 Å². The third kappa shape index (κ3) is 2.24. The number of ether oxygens (including phenoxy) is 1. The Morgan fingerprint density at radius 2 is 2.41 bits per heavy atom. The lowest BCUT2D eigenvalue weighted by molar-refractivity contribution is 0.0572. The highest BCUT2D eigenvalue weighted by Crippen LogP contribution is 2.22. The maximum Gasteiger partial charge on any atom is 0.257 e. The molecule has 1 aliphatic rings. The number of carbonyl (C=O) groups is 1. The minimum Gasteiger partial charge on any atom is -0.505 e. The van der Waals surface area contributed by atoms with Crippen molar-refractivity contribution in [1.29, 1.82) is 0 Å². The Hall–Kier alpha value is -1.62. The zero-order chi connectivity index (χ0) is 12.4. The first-order valence-corrected chi connectivity index (χ1v) is 5.63. The molecule has 1 fully saturated rings. The van der Waals surface area contributed by atoms with E-state index in [9.17, 15) is 9.90 Å². The highest BCUT2D eigenvalue weighted by molar-refractivity contribution is 5.96. The van der Waals surface area contributed by atoms with E-state index in [1.807, 2.05) is 6.92 Å². The number of nitrogens with zero attached hydrogens (tertiary/aromatic N) is 2. The molecular formula is C12H16N2O3. The van der Waals surface area contributed by atoms with Crippen LogP contribution in [0.15, 0.2) is 18.5 Å². The molecule has 92 valence electrons. The number of hydrogen-bond donors (Lipinski definition) is 1. The van der Waals surface area contributed by atoms with Crippen molar-refractivity contribution in [3.63, 3.8) is 0 Å². The first-order chi connectivity index (χ1) is 8.11. The van der Waals surface area contributed by atoms with E-state index >= 15 is 0 Å². The Morgan fingerprint density at radius 3 is 3.00 bits per heavy atom. The zero-order valence-electron chi connectivity index (χ0n) is 9.96. The van der Waals surface area contributed by atoms with Crippen LogP contribution in [0.2, 0.25) is 0 Å². The molecule has 0 radical (unpaired) electrons. The van der Waals surface area contributed by atoms with Crippen LogP contribution >= 0.6 is 0 Å². The van der Waals surface area contributed by atoms with Crippen molar-refractivity contribution in [2.75, 3.05) is 13.7 Å². The van der Waals surface area contributed by atoms with E-state index in [1.165, 1.54) is 18.5 Å². The highest BCUT2D eigenvalue weighted by Gasteiger charge is 2.31. The molecule has 17 heavy (non-hydrogen) atoms. The van der Waals surface area contributed by atoms with Gasteiger partial charge in [0.15, 0.2) is 0 Å². The number of likely N-dealkylation sites (N-methyl/N-ethyl adjacent to an activating group) is 1. The predicted molar refractivity (Wildman–Crippen MR) is 61.8 cm³/mol. The molecule has 1 saturated heterocycles. The molecule has 0 spiro atoms. The lowest BCUT2D eigenvalue weighted by Crippen LogP contribution is -2.41. The Balaban J connectivity index is 2.17. The molecule has 2 rings (SSSR count). The summed E-state index contributed by atoms with van der Waals surface area (Å²) < 4.78 is 5.43. The second-order valence-electron chi connectivity index (χ2n) is 4.24. The smallest absolute Gasteiger partial charge is 0.257 e. The Kier molecular flexibility index (Phi) is 3.28. The molecule has 0 saturated carbocycles. The summed E-state index contributed by atoms with van der Waals surface area (Å²) in [6.45, 7) is 2.62. The molecule has 0 aliphatic carbocycles. The third-order valence-corrected chi connectivity index (χ3v) is 3.18. The van der Waals surface area contributed by atoms with Crippen molar-refractivity contribution >= 4 is 5.91 Å². The normalized spacial score (nSPS) is 23.6. The van der Waals surface area contributed by atoms with E-state index in [2.05, 4.69) is 4.98 Å². The first-order valence-electron chi connectivity index (χ1n) is 5.63. The minimum absolute atomic E-state index is 0.0351. The second kappa shape index (κ2) is 4.71. The summed E-state index contributed by atoms with van der Waals surface area (Å²) in [5, 5.41) is 9.60. The lowest BCUT2D eigenvalue weighted by Gasteiger charge is -2.26. The third-order valence-electron chi connectivity index (χ3n) is 3.18. The molecule has 1 aromatic heterocycles. The highest BCUT2D eigenvalue weighted by atomic mass is 16.5. The maximum absolute atomic E-state index is 12.2. The van der Waals surface area contributed by atoms with Crippen molar-refractivity contribution in [1.82, 2.24) is 9.88 Å². The van der Waals surface area contributed by atoms with Gasteiger partial charge in [0.25, 0.3) is 5.91 Å². The van der Waals surface area contributed by atoms with Gasteiger partial charge < -0.3 is 14.7 Å². The summed E-state index contributed by atoms with van der Waals surface area (Å²) >= 11 is 0. The summed E-state index contributed by atoms with van der Waals surface area (Å²) in [4.78, 5) is 17.6. The number of hydrogen-bond acceptors (Lipinski definition) is 4. The number of amides is 1. The predicted octanol–water partition coefficient (Wildman–Crippen LogP) is 1.04. The zero-order valence-corrected chi connectivity index (χ0v) is 9.96. The number of pyridine rings is 1. The summed E-state index contributed by atoms with van der Waals surface area (Å²) in [6.07, 6.45) is 3.63. The molecule has 1 amide bonds. The van der Waals surface area contributed by atoms with E-state index in [4.69, 9.17) is 4.74 Å². The largest absolute Gasteiger partial charge is 0.505 e. The molecule has 0 aromatic carbocycles. The van der Waals surface area contributed by atoms with Crippen molar-refractivity contribution in [2.45, 2.75) is 25.5 Å². The van der Waals surface area contributed by atoms with Crippen LogP contribution in [0.4, 0.5) is 0 Å². The van der Waals surface area contributed by atoms with Gasteiger partial charge in [-0.1, -0.05) is 0 Å². The van der Waals surface area contributed by atoms with Gasteiger partial charge in [-0.3, -0.25) is 9.78 Å². The van der Waals surface area contributed by atoms with Crippen LogP contribution in [0, 0.1) is 0 Å². The average Bonchev–Trinajstić information content (AvgIpc) is 2.74. The van der Waals surface area contributed by atoms with Crippen LogP contribution in [-0.4, -0.2) is 46.7 Å². The first kappa shape index (κ1) is 11.9. The molecule has 2 atom stereocenters. The van der Waals surface area contributed by atoms with E-state index in [-0.39, 0.29) is 29.4 Å². The fraction of sp³-hybridized carbons (Fsp3) is 0.500. The monoisotopic (exact) mass is 236 g/mol. The fourth-order valence-electron chi connectivity index (χ4n) is 2.14. The Morgan fingerprint density at radius 1 is 1.65 bits per heavy atom. The quantitative estimate of drug-likeness (QED) is 0.833. The van der Waals surface area contributed by atoms with Gasteiger partial charge in [0.2, 0.25) is 0 Å². The molecule has 1 aliphatic heterocycles. The van der Waals surface area contributed by atoms with Crippen molar-refractivity contribution < 1.29 is 14.6 Å². The van der Waals surface area contributed by atoms with Gasteiger partial charge in [0.1, 0.15) is 5.75 Å². The lowest BCUT2D eigenvalue weighted by atomic mass is 10.1. The fourth-order valence-corrected chi connectivity index (χ4v) is 2.14.